The molecule has 0 spiro atoms. The molecule has 0 aliphatic rings. The SMILES string of the molecule is CC(C)(C)c1ccc(NC(=O)NCCNc2ncccc2I)cc1. The van der Waals surface area contributed by atoms with Crippen molar-refractivity contribution in [3.8, 4) is 0 Å². The van der Waals surface area contributed by atoms with Crippen molar-refractivity contribution in [2.24, 2.45) is 0 Å². The van der Waals surface area contributed by atoms with Gasteiger partial charge in [0.25, 0.3) is 0 Å². The standard InChI is InChI=1S/C18H23IN4O/c1-18(2,3)13-6-8-14(9-7-13)23-17(24)22-12-11-21-16-15(19)5-4-10-20-16/h4-10H,11-12H2,1-3H3,(H,20,21)(H2,22,23,24). The molecule has 0 fully saturated rings. The smallest absolute Gasteiger partial charge is 0.319 e. The fourth-order valence-corrected chi connectivity index (χ4v) is 2.64. The summed E-state index contributed by atoms with van der Waals surface area (Å²) in [5.74, 6) is 0.832. The van der Waals surface area contributed by atoms with Crippen molar-refractivity contribution in [3.63, 3.8) is 0 Å². The molecule has 1 aromatic heterocycles. The summed E-state index contributed by atoms with van der Waals surface area (Å²) in [5.41, 5.74) is 2.13. The molecule has 2 rings (SSSR count). The molecule has 3 N–H and O–H groups in total. The van der Waals surface area contributed by atoms with E-state index in [-0.39, 0.29) is 11.4 Å². The van der Waals surface area contributed by atoms with Crippen molar-refractivity contribution in [2.45, 2.75) is 26.2 Å². The Hall–Kier alpha value is -1.83. The number of halogens is 1. The fraction of sp³-hybridized carbons (Fsp3) is 0.333. The minimum Gasteiger partial charge on any atom is -0.367 e. The molecule has 5 nitrogen and oxygen atoms in total. The first-order chi connectivity index (χ1) is 11.4. The number of pyridine rings is 1. The minimum atomic E-state index is -0.212. The molecule has 0 unspecified atom stereocenters. The first-order valence-electron chi connectivity index (χ1n) is 7.86. The van der Waals surface area contributed by atoms with Crippen molar-refractivity contribution < 1.29 is 4.79 Å². The van der Waals surface area contributed by atoms with Crippen LogP contribution in [0.15, 0.2) is 42.6 Å². The number of benzene rings is 1. The number of amides is 2. The molecule has 0 atom stereocenters. The van der Waals surface area contributed by atoms with E-state index in [4.69, 9.17) is 0 Å². The molecular weight excluding hydrogens is 415 g/mol. The Labute approximate surface area is 156 Å². The van der Waals surface area contributed by atoms with E-state index in [0.717, 1.165) is 15.1 Å². The lowest BCUT2D eigenvalue weighted by Crippen LogP contribution is -2.32. The average Bonchev–Trinajstić information content (AvgIpc) is 2.53. The number of nitrogens with zero attached hydrogens (tertiary/aromatic N) is 1. The highest BCUT2D eigenvalue weighted by molar-refractivity contribution is 14.1. The van der Waals surface area contributed by atoms with Gasteiger partial charge in [0.15, 0.2) is 0 Å². The van der Waals surface area contributed by atoms with Gasteiger partial charge in [-0.2, -0.15) is 0 Å². The lowest BCUT2D eigenvalue weighted by atomic mass is 9.87. The number of carbonyl (C=O) groups excluding carboxylic acids is 1. The zero-order valence-electron chi connectivity index (χ0n) is 14.2. The van der Waals surface area contributed by atoms with Crippen LogP contribution in [-0.2, 0) is 5.41 Å². The van der Waals surface area contributed by atoms with E-state index in [2.05, 4.69) is 64.3 Å². The van der Waals surface area contributed by atoms with Gasteiger partial charge in [0.2, 0.25) is 0 Å². The highest BCUT2D eigenvalue weighted by Crippen LogP contribution is 2.23. The summed E-state index contributed by atoms with van der Waals surface area (Å²) >= 11 is 2.22. The van der Waals surface area contributed by atoms with E-state index >= 15 is 0 Å². The molecule has 0 bridgehead atoms. The van der Waals surface area contributed by atoms with Crippen LogP contribution in [0, 0.1) is 3.57 Å². The van der Waals surface area contributed by atoms with Crippen LogP contribution in [0.5, 0.6) is 0 Å². The number of hydrogen-bond acceptors (Lipinski definition) is 3. The second-order valence-electron chi connectivity index (χ2n) is 6.47. The van der Waals surface area contributed by atoms with E-state index in [1.807, 2.05) is 36.4 Å². The summed E-state index contributed by atoms with van der Waals surface area (Å²) < 4.78 is 1.05. The first-order valence-corrected chi connectivity index (χ1v) is 8.94. The number of carbonyl (C=O) groups is 1. The predicted octanol–water partition coefficient (Wildman–Crippen LogP) is 4.22. The Morgan fingerprint density at radius 3 is 2.46 bits per heavy atom. The van der Waals surface area contributed by atoms with E-state index in [1.54, 1.807) is 6.20 Å². The largest absolute Gasteiger partial charge is 0.367 e. The predicted molar refractivity (Wildman–Crippen MR) is 108 cm³/mol. The van der Waals surface area contributed by atoms with E-state index < -0.39 is 0 Å². The molecule has 1 heterocycles. The van der Waals surface area contributed by atoms with Crippen molar-refractivity contribution >= 4 is 40.1 Å². The van der Waals surface area contributed by atoms with Crippen molar-refractivity contribution in [2.75, 3.05) is 23.7 Å². The highest BCUT2D eigenvalue weighted by atomic mass is 127. The summed E-state index contributed by atoms with van der Waals surface area (Å²) in [4.78, 5) is 16.1. The lowest BCUT2D eigenvalue weighted by molar-refractivity contribution is 0.252. The maximum absolute atomic E-state index is 11.9. The van der Waals surface area contributed by atoms with Gasteiger partial charge in [-0.3, -0.25) is 0 Å². The number of hydrogen-bond donors (Lipinski definition) is 3. The third-order valence-corrected chi connectivity index (χ3v) is 4.34. The third kappa shape index (κ3) is 5.67. The molecule has 0 saturated carbocycles. The Bertz CT molecular complexity index is 680. The lowest BCUT2D eigenvalue weighted by Gasteiger charge is -2.19. The van der Waals surface area contributed by atoms with Crippen LogP contribution in [-0.4, -0.2) is 24.1 Å². The van der Waals surface area contributed by atoms with Gasteiger partial charge in [0.05, 0.1) is 3.57 Å². The monoisotopic (exact) mass is 438 g/mol. The Kier molecular flexibility index (Phi) is 6.42. The van der Waals surface area contributed by atoms with Crippen LogP contribution in [0.4, 0.5) is 16.3 Å². The van der Waals surface area contributed by atoms with E-state index in [0.29, 0.717) is 13.1 Å². The molecule has 0 aliphatic carbocycles. The number of urea groups is 1. The Balaban J connectivity index is 1.74. The van der Waals surface area contributed by atoms with Gasteiger partial charge in [0.1, 0.15) is 5.82 Å². The van der Waals surface area contributed by atoms with Gasteiger partial charge in [-0.25, -0.2) is 9.78 Å². The highest BCUT2D eigenvalue weighted by Gasteiger charge is 2.13. The van der Waals surface area contributed by atoms with Crippen molar-refractivity contribution in [3.05, 3.63) is 51.7 Å². The first kappa shape index (κ1) is 18.5. The molecule has 1 aromatic carbocycles. The van der Waals surface area contributed by atoms with Crippen LogP contribution >= 0.6 is 22.6 Å². The average molecular weight is 438 g/mol. The minimum absolute atomic E-state index is 0.107. The van der Waals surface area contributed by atoms with Crippen molar-refractivity contribution in [1.82, 2.24) is 10.3 Å². The summed E-state index contributed by atoms with van der Waals surface area (Å²) in [6.07, 6.45) is 1.74. The molecule has 128 valence electrons. The molecule has 0 radical (unpaired) electrons. The summed E-state index contributed by atoms with van der Waals surface area (Å²) in [6.45, 7) is 7.62. The van der Waals surface area contributed by atoms with Gasteiger partial charge in [-0.05, 0) is 57.8 Å². The Morgan fingerprint density at radius 2 is 1.83 bits per heavy atom. The molecule has 0 saturated heterocycles. The summed E-state index contributed by atoms with van der Waals surface area (Å²) in [5, 5.41) is 8.85. The number of anilines is 2. The normalized spacial score (nSPS) is 11.0. The molecule has 2 amide bonds. The van der Waals surface area contributed by atoms with Gasteiger partial charge < -0.3 is 16.0 Å². The van der Waals surface area contributed by atoms with Crippen LogP contribution in [0.25, 0.3) is 0 Å². The maximum Gasteiger partial charge on any atom is 0.319 e. The zero-order valence-corrected chi connectivity index (χ0v) is 16.3. The van der Waals surface area contributed by atoms with Gasteiger partial charge >= 0.3 is 6.03 Å². The van der Waals surface area contributed by atoms with E-state index in [9.17, 15) is 4.79 Å². The maximum atomic E-state index is 11.9. The Morgan fingerprint density at radius 1 is 1.12 bits per heavy atom. The number of rotatable bonds is 5. The molecule has 6 heteroatoms. The van der Waals surface area contributed by atoms with Gasteiger partial charge in [0, 0.05) is 25.0 Å². The van der Waals surface area contributed by atoms with Crippen LogP contribution in [0.3, 0.4) is 0 Å². The molecule has 0 aliphatic heterocycles. The second kappa shape index (κ2) is 8.32. The molecule has 2 aromatic rings. The van der Waals surface area contributed by atoms with Crippen LogP contribution in [0.1, 0.15) is 26.3 Å². The van der Waals surface area contributed by atoms with Gasteiger partial charge in [-0.15, -0.1) is 0 Å². The van der Waals surface area contributed by atoms with Gasteiger partial charge in [-0.1, -0.05) is 32.9 Å². The molecule has 24 heavy (non-hydrogen) atoms. The van der Waals surface area contributed by atoms with Crippen molar-refractivity contribution in [1.29, 1.82) is 0 Å². The fourth-order valence-electron chi connectivity index (χ4n) is 2.10. The zero-order chi connectivity index (χ0) is 17.6. The summed E-state index contributed by atoms with van der Waals surface area (Å²) in [7, 11) is 0. The number of aromatic nitrogens is 1. The quantitative estimate of drug-likeness (QED) is 0.484. The third-order valence-electron chi connectivity index (χ3n) is 3.47. The van der Waals surface area contributed by atoms with Crippen LogP contribution < -0.4 is 16.0 Å². The topological polar surface area (TPSA) is 66.1 Å². The number of nitrogens with one attached hydrogen (secondary N) is 3. The second-order valence-corrected chi connectivity index (χ2v) is 7.63. The van der Waals surface area contributed by atoms with E-state index in [1.165, 1.54) is 5.56 Å². The van der Waals surface area contributed by atoms with Crippen LogP contribution in [0.2, 0.25) is 0 Å². The molecular formula is C18H23IN4O. The summed E-state index contributed by atoms with van der Waals surface area (Å²) in [6, 6.07) is 11.6.